The van der Waals surface area contributed by atoms with E-state index in [1.807, 2.05) is 6.07 Å². The van der Waals surface area contributed by atoms with Crippen molar-refractivity contribution in [2.45, 2.75) is 19.4 Å². The quantitative estimate of drug-likeness (QED) is 0.679. The number of pyridine rings is 1. The number of hydrogen-bond acceptors (Lipinski definition) is 5. The maximum Gasteiger partial charge on any atom is 0.261 e. The molecule has 0 aliphatic carbocycles. The monoisotopic (exact) mass is 421 g/mol. The normalized spacial score (nSPS) is 14.7. The molecule has 0 bridgehead atoms. The Labute approximate surface area is 176 Å². The average Bonchev–Trinajstić information content (AvgIpc) is 3.01. The number of Topliss-reactive ketones (excluding diaryl/α,β-unsaturated/α-hetero) is 1. The van der Waals surface area contributed by atoms with Gasteiger partial charge in [0.15, 0.2) is 11.3 Å². The first-order valence-electron chi connectivity index (χ1n) is 9.39. The van der Waals surface area contributed by atoms with E-state index in [0.29, 0.717) is 11.3 Å². The molecule has 1 amide bonds. The molecular weight excluding hydrogens is 404 g/mol. The summed E-state index contributed by atoms with van der Waals surface area (Å²) in [6, 6.07) is 13.5. The number of carbonyl (C=O) groups is 2. The van der Waals surface area contributed by atoms with E-state index >= 15 is 0 Å². The van der Waals surface area contributed by atoms with Gasteiger partial charge in [0.1, 0.15) is 17.2 Å². The van der Waals surface area contributed by atoms with Crippen LogP contribution in [-0.2, 0) is 9.63 Å². The second-order valence-corrected chi connectivity index (χ2v) is 7.43. The highest BCUT2D eigenvalue weighted by Crippen LogP contribution is 2.26. The van der Waals surface area contributed by atoms with Crippen LogP contribution in [-0.4, -0.2) is 28.0 Å². The standard InChI is InChI=1S/C23H17F2N3O3/c1-23(2)21(29)20(28-31-23)14-6-3-5-13(11-14)18-10-9-15(12-26-18)27-22(30)19-16(24)7-4-8-17(19)25/h3-12H,1-2H3,(H,27,30). The molecule has 0 spiro atoms. The van der Waals surface area contributed by atoms with Crippen molar-refractivity contribution < 1.29 is 23.2 Å². The van der Waals surface area contributed by atoms with Gasteiger partial charge in [0.2, 0.25) is 5.78 Å². The van der Waals surface area contributed by atoms with Gasteiger partial charge in [0.05, 0.1) is 17.6 Å². The van der Waals surface area contributed by atoms with E-state index in [4.69, 9.17) is 4.84 Å². The van der Waals surface area contributed by atoms with Crippen molar-refractivity contribution in [1.29, 1.82) is 0 Å². The Morgan fingerprint density at radius 3 is 2.29 bits per heavy atom. The van der Waals surface area contributed by atoms with Gasteiger partial charge in [0.25, 0.3) is 5.91 Å². The SMILES string of the molecule is CC1(C)ON=C(c2cccc(-c3ccc(NC(=O)c4c(F)cccc4F)cn3)c2)C1=O. The van der Waals surface area contributed by atoms with Crippen LogP contribution in [0.1, 0.15) is 29.8 Å². The fraction of sp³-hybridized carbons (Fsp3) is 0.130. The molecule has 0 saturated heterocycles. The lowest BCUT2D eigenvalue weighted by atomic mass is 9.95. The zero-order chi connectivity index (χ0) is 22.2. The van der Waals surface area contributed by atoms with E-state index in [1.54, 1.807) is 44.2 Å². The summed E-state index contributed by atoms with van der Waals surface area (Å²) in [6.45, 7) is 3.30. The molecule has 0 atom stereocenters. The number of rotatable bonds is 4. The Bertz CT molecular complexity index is 1200. The summed E-state index contributed by atoms with van der Waals surface area (Å²) < 4.78 is 27.5. The Kier molecular flexibility index (Phi) is 5.06. The molecule has 0 fully saturated rings. The largest absolute Gasteiger partial charge is 0.381 e. The van der Waals surface area contributed by atoms with Gasteiger partial charge >= 0.3 is 0 Å². The third-order valence-electron chi connectivity index (χ3n) is 4.77. The molecule has 31 heavy (non-hydrogen) atoms. The summed E-state index contributed by atoms with van der Waals surface area (Å²) >= 11 is 0. The zero-order valence-electron chi connectivity index (χ0n) is 16.6. The van der Waals surface area contributed by atoms with Crippen molar-refractivity contribution in [1.82, 2.24) is 4.98 Å². The molecule has 4 rings (SSSR count). The van der Waals surface area contributed by atoms with Crippen molar-refractivity contribution in [2.24, 2.45) is 5.16 Å². The maximum atomic E-state index is 13.8. The Morgan fingerprint density at radius 1 is 1.00 bits per heavy atom. The Hall–Kier alpha value is -3.94. The van der Waals surface area contributed by atoms with Crippen molar-refractivity contribution in [2.75, 3.05) is 5.32 Å². The molecule has 3 aromatic rings. The molecular formula is C23H17F2N3O3. The first-order chi connectivity index (χ1) is 14.8. The number of amides is 1. The summed E-state index contributed by atoms with van der Waals surface area (Å²) in [4.78, 5) is 34.1. The number of benzene rings is 2. The van der Waals surface area contributed by atoms with Gasteiger partial charge in [-0.3, -0.25) is 14.6 Å². The molecule has 1 aliphatic heterocycles. The summed E-state index contributed by atoms with van der Waals surface area (Å²) in [7, 11) is 0. The Balaban J connectivity index is 1.54. The minimum absolute atomic E-state index is 0.212. The van der Waals surface area contributed by atoms with Crippen LogP contribution in [0, 0.1) is 11.6 Å². The summed E-state index contributed by atoms with van der Waals surface area (Å²) in [5, 5.41) is 6.33. The molecule has 1 N–H and O–H groups in total. The van der Waals surface area contributed by atoms with E-state index in [-0.39, 0.29) is 17.2 Å². The zero-order valence-corrected chi connectivity index (χ0v) is 16.6. The molecule has 1 aliphatic rings. The van der Waals surface area contributed by atoms with E-state index < -0.39 is 28.7 Å². The minimum Gasteiger partial charge on any atom is -0.381 e. The number of nitrogens with one attached hydrogen (secondary N) is 1. The van der Waals surface area contributed by atoms with Gasteiger partial charge in [-0.25, -0.2) is 8.78 Å². The third-order valence-corrected chi connectivity index (χ3v) is 4.77. The second kappa shape index (κ2) is 7.71. The number of aromatic nitrogens is 1. The molecule has 0 saturated carbocycles. The smallest absolute Gasteiger partial charge is 0.261 e. The molecule has 2 heterocycles. The van der Waals surface area contributed by atoms with Crippen molar-refractivity contribution in [3.05, 3.63) is 83.6 Å². The van der Waals surface area contributed by atoms with Crippen LogP contribution in [0.25, 0.3) is 11.3 Å². The fourth-order valence-corrected chi connectivity index (χ4v) is 3.08. The number of ketones is 1. The average molecular weight is 421 g/mol. The number of hydrogen-bond donors (Lipinski definition) is 1. The van der Waals surface area contributed by atoms with Crippen molar-refractivity contribution in [3.63, 3.8) is 0 Å². The van der Waals surface area contributed by atoms with Crippen LogP contribution in [0.4, 0.5) is 14.5 Å². The van der Waals surface area contributed by atoms with Crippen molar-refractivity contribution in [3.8, 4) is 11.3 Å². The summed E-state index contributed by atoms with van der Waals surface area (Å²) in [5.41, 5.74) is 0.745. The van der Waals surface area contributed by atoms with E-state index in [2.05, 4.69) is 15.5 Å². The van der Waals surface area contributed by atoms with Crippen LogP contribution < -0.4 is 5.32 Å². The molecule has 2 aromatic carbocycles. The lowest BCUT2D eigenvalue weighted by Gasteiger charge is -2.12. The number of oxime groups is 1. The van der Waals surface area contributed by atoms with Crippen LogP contribution in [0.3, 0.4) is 0 Å². The topological polar surface area (TPSA) is 80.7 Å². The highest BCUT2D eigenvalue weighted by Gasteiger charge is 2.40. The van der Waals surface area contributed by atoms with Gasteiger partial charge < -0.3 is 10.2 Å². The highest BCUT2D eigenvalue weighted by molar-refractivity contribution is 6.49. The number of nitrogens with zero attached hydrogens (tertiary/aromatic N) is 2. The summed E-state index contributed by atoms with van der Waals surface area (Å²) in [6.07, 6.45) is 1.38. The minimum atomic E-state index is -0.999. The van der Waals surface area contributed by atoms with Crippen LogP contribution >= 0.6 is 0 Å². The van der Waals surface area contributed by atoms with Gasteiger partial charge in [-0.15, -0.1) is 0 Å². The van der Waals surface area contributed by atoms with Gasteiger partial charge in [0, 0.05) is 11.1 Å². The number of anilines is 1. The fourth-order valence-electron chi connectivity index (χ4n) is 3.08. The van der Waals surface area contributed by atoms with Gasteiger partial charge in [-0.05, 0) is 44.2 Å². The van der Waals surface area contributed by atoms with Crippen LogP contribution in [0.5, 0.6) is 0 Å². The van der Waals surface area contributed by atoms with Crippen molar-refractivity contribution >= 4 is 23.1 Å². The molecule has 8 heteroatoms. The maximum absolute atomic E-state index is 13.8. The first kappa shape index (κ1) is 20.3. The molecule has 0 unspecified atom stereocenters. The highest BCUT2D eigenvalue weighted by atomic mass is 19.1. The molecule has 156 valence electrons. The van der Waals surface area contributed by atoms with Gasteiger partial charge in [-0.2, -0.15) is 0 Å². The number of carbonyl (C=O) groups excluding carboxylic acids is 2. The predicted octanol–water partition coefficient (Wildman–Crippen LogP) is 4.36. The van der Waals surface area contributed by atoms with Gasteiger partial charge in [-0.1, -0.05) is 29.4 Å². The molecule has 6 nitrogen and oxygen atoms in total. The van der Waals surface area contributed by atoms with E-state index in [1.165, 1.54) is 12.3 Å². The summed E-state index contributed by atoms with van der Waals surface area (Å²) in [5.74, 6) is -3.02. The lowest BCUT2D eigenvalue weighted by molar-refractivity contribution is -0.128. The van der Waals surface area contributed by atoms with E-state index in [9.17, 15) is 18.4 Å². The van der Waals surface area contributed by atoms with Crippen LogP contribution in [0.15, 0.2) is 65.9 Å². The molecule has 1 aromatic heterocycles. The Morgan fingerprint density at radius 2 is 1.68 bits per heavy atom. The molecule has 0 radical (unpaired) electrons. The van der Waals surface area contributed by atoms with E-state index in [0.717, 1.165) is 17.7 Å². The predicted molar refractivity (Wildman–Crippen MR) is 111 cm³/mol. The number of halogens is 2. The second-order valence-electron chi connectivity index (χ2n) is 7.43. The third kappa shape index (κ3) is 3.92. The van der Waals surface area contributed by atoms with Crippen LogP contribution in [0.2, 0.25) is 0 Å². The first-order valence-corrected chi connectivity index (χ1v) is 9.39. The lowest BCUT2D eigenvalue weighted by Crippen LogP contribution is -2.33.